The van der Waals surface area contributed by atoms with Gasteiger partial charge in [0.2, 0.25) is 5.91 Å². The van der Waals surface area contributed by atoms with Gasteiger partial charge in [0.1, 0.15) is 5.82 Å². The minimum Gasteiger partial charge on any atom is -0.381 e. The normalized spacial score (nSPS) is 32.9. The molecule has 2 saturated heterocycles. The van der Waals surface area contributed by atoms with Gasteiger partial charge in [-0.25, -0.2) is 4.98 Å². The second kappa shape index (κ2) is 5.42. The molecule has 138 valence electrons. The van der Waals surface area contributed by atoms with Crippen LogP contribution in [0.25, 0.3) is 5.65 Å². The van der Waals surface area contributed by atoms with Crippen LogP contribution in [0, 0.1) is 31.6 Å². The van der Waals surface area contributed by atoms with Gasteiger partial charge in [-0.1, -0.05) is 0 Å². The highest BCUT2D eigenvalue weighted by atomic mass is 16.5. The summed E-state index contributed by atoms with van der Waals surface area (Å²) in [5, 5.41) is 7.83. The van der Waals surface area contributed by atoms with E-state index in [0.717, 1.165) is 55.4 Å². The molecule has 1 N–H and O–H groups in total. The van der Waals surface area contributed by atoms with Crippen LogP contribution >= 0.6 is 0 Å². The smallest absolute Gasteiger partial charge is 0.224 e. The van der Waals surface area contributed by atoms with Crippen molar-refractivity contribution in [3.8, 4) is 0 Å². The number of hydrogen-bond acceptors (Lipinski definition) is 5. The molecule has 2 aromatic rings. The van der Waals surface area contributed by atoms with Crippen LogP contribution in [0.5, 0.6) is 0 Å². The van der Waals surface area contributed by atoms with Gasteiger partial charge in [-0.3, -0.25) is 4.79 Å². The summed E-state index contributed by atoms with van der Waals surface area (Å²) in [5.41, 5.74) is 2.76. The van der Waals surface area contributed by atoms with E-state index in [2.05, 4.69) is 33.3 Å². The number of amides is 1. The number of carbonyl (C=O) groups excluding carboxylic acids is 1. The van der Waals surface area contributed by atoms with Crippen LogP contribution in [-0.4, -0.2) is 52.3 Å². The highest BCUT2D eigenvalue weighted by Crippen LogP contribution is 2.51. The average molecular weight is 355 g/mol. The second-order valence-electron chi connectivity index (χ2n) is 8.43. The first-order chi connectivity index (χ1) is 12.5. The predicted octanol–water partition coefficient (Wildman–Crippen LogP) is 1.32. The number of aryl methyl sites for hydroxylation is 2. The van der Waals surface area contributed by atoms with Gasteiger partial charge in [-0.15, -0.1) is 0 Å². The Balaban J connectivity index is 1.35. The first kappa shape index (κ1) is 16.1. The maximum atomic E-state index is 12.7. The van der Waals surface area contributed by atoms with Crippen molar-refractivity contribution in [1.82, 2.24) is 19.9 Å². The zero-order chi connectivity index (χ0) is 18.1. The van der Waals surface area contributed by atoms with E-state index >= 15 is 0 Å². The van der Waals surface area contributed by atoms with Crippen LogP contribution in [0.2, 0.25) is 0 Å². The van der Waals surface area contributed by atoms with Gasteiger partial charge in [0, 0.05) is 36.3 Å². The van der Waals surface area contributed by atoms with E-state index in [1.807, 2.05) is 24.6 Å². The first-order valence-corrected chi connectivity index (χ1v) is 9.42. The predicted molar refractivity (Wildman–Crippen MR) is 97.1 cm³/mol. The number of ether oxygens (including phenoxy) is 1. The molecule has 0 radical (unpaired) electrons. The molecule has 4 atom stereocenters. The number of nitrogens with zero attached hydrogens (tertiary/aromatic N) is 4. The lowest BCUT2D eigenvalue weighted by Gasteiger charge is -2.27. The van der Waals surface area contributed by atoms with Crippen molar-refractivity contribution >= 4 is 17.4 Å². The van der Waals surface area contributed by atoms with E-state index in [9.17, 15) is 4.79 Å². The lowest BCUT2D eigenvalue weighted by atomic mass is 10.0. The van der Waals surface area contributed by atoms with Crippen LogP contribution < -0.4 is 10.2 Å². The van der Waals surface area contributed by atoms with Crippen LogP contribution in [0.1, 0.15) is 24.6 Å². The van der Waals surface area contributed by atoms with Crippen LogP contribution in [0.3, 0.4) is 0 Å². The SMILES string of the molecule is Cc1cc(N2CCC(C)(NC(=O)C3[C@H]4COC[C@@H]34)C2)n2ncc(C)c2n1. The molecule has 2 aliphatic heterocycles. The molecule has 3 fully saturated rings. The number of fused-ring (bicyclic) bond motifs is 2. The van der Waals surface area contributed by atoms with Crippen LogP contribution in [-0.2, 0) is 9.53 Å². The number of carbonyl (C=O) groups is 1. The number of rotatable bonds is 3. The van der Waals surface area contributed by atoms with Crippen LogP contribution in [0.15, 0.2) is 12.3 Å². The Labute approximate surface area is 152 Å². The molecule has 0 aromatic carbocycles. The van der Waals surface area contributed by atoms with Crippen molar-refractivity contribution in [2.75, 3.05) is 31.2 Å². The molecular weight excluding hydrogens is 330 g/mol. The maximum Gasteiger partial charge on any atom is 0.224 e. The largest absolute Gasteiger partial charge is 0.381 e. The summed E-state index contributed by atoms with van der Waals surface area (Å²) in [6.07, 6.45) is 2.79. The summed E-state index contributed by atoms with van der Waals surface area (Å²) in [7, 11) is 0. The van der Waals surface area contributed by atoms with Gasteiger partial charge in [0.05, 0.1) is 24.9 Å². The number of nitrogens with one attached hydrogen (secondary N) is 1. The maximum absolute atomic E-state index is 12.7. The molecule has 2 unspecified atom stereocenters. The van der Waals surface area contributed by atoms with E-state index in [-0.39, 0.29) is 17.4 Å². The first-order valence-electron chi connectivity index (χ1n) is 9.42. The minimum atomic E-state index is -0.208. The van der Waals surface area contributed by atoms with E-state index in [1.54, 1.807) is 0 Å². The molecule has 4 heterocycles. The van der Waals surface area contributed by atoms with Crippen molar-refractivity contribution in [3.63, 3.8) is 0 Å². The summed E-state index contributed by atoms with van der Waals surface area (Å²) in [5.74, 6) is 2.32. The third kappa shape index (κ3) is 2.40. The van der Waals surface area contributed by atoms with Gasteiger partial charge in [0.15, 0.2) is 5.65 Å². The molecule has 1 saturated carbocycles. The molecule has 0 bridgehead atoms. The topological polar surface area (TPSA) is 71.8 Å². The fourth-order valence-corrected chi connectivity index (χ4v) is 4.67. The zero-order valence-corrected chi connectivity index (χ0v) is 15.5. The highest BCUT2D eigenvalue weighted by Gasteiger charge is 2.58. The summed E-state index contributed by atoms with van der Waals surface area (Å²) in [6.45, 7) is 9.38. The van der Waals surface area contributed by atoms with Crippen molar-refractivity contribution < 1.29 is 9.53 Å². The Morgan fingerprint density at radius 2 is 2.12 bits per heavy atom. The van der Waals surface area contributed by atoms with E-state index in [0.29, 0.717) is 11.8 Å². The molecule has 5 rings (SSSR count). The monoisotopic (exact) mass is 355 g/mol. The standard InChI is InChI=1S/C19H25N5O2/c1-11-7-20-24-15(6-12(2)21-17(11)24)23-5-4-19(3,10-23)22-18(25)16-13-8-26-9-14(13)16/h6-7,13-14,16H,4-5,8-10H2,1-3H3,(H,22,25)/t13-,14+,16?,19?. The molecule has 3 aliphatic rings. The van der Waals surface area contributed by atoms with Gasteiger partial charge in [-0.05, 0) is 39.0 Å². The number of anilines is 1. The molecule has 26 heavy (non-hydrogen) atoms. The molecule has 1 amide bonds. The number of hydrogen-bond donors (Lipinski definition) is 1. The third-order valence-corrected chi connectivity index (χ3v) is 6.23. The van der Waals surface area contributed by atoms with E-state index in [1.165, 1.54) is 0 Å². The summed E-state index contributed by atoms with van der Waals surface area (Å²) >= 11 is 0. The molecular formula is C19H25N5O2. The van der Waals surface area contributed by atoms with Gasteiger partial charge in [-0.2, -0.15) is 9.61 Å². The molecule has 2 aromatic heterocycles. The molecule has 0 spiro atoms. The lowest BCUT2D eigenvalue weighted by molar-refractivity contribution is -0.125. The summed E-state index contributed by atoms with van der Waals surface area (Å²) in [6, 6.07) is 2.08. The van der Waals surface area contributed by atoms with Crippen molar-refractivity contribution in [2.24, 2.45) is 17.8 Å². The minimum absolute atomic E-state index is 0.165. The fraction of sp³-hybridized carbons (Fsp3) is 0.632. The third-order valence-electron chi connectivity index (χ3n) is 6.23. The Hall–Kier alpha value is -2.15. The Bertz CT molecular complexity index is 883. The molecule has 7 heteroatoms. The van der Waals surface area contributed by atoms with E-state index in [4.69, 9.17) is 4.74 Å². The summed E-state index contributed by atoms with van der Waals surface area (Å²) < 4.78 is 7.32. The zero-order valence-electron chi connectivity index (χ0n) is 15.5. The van der Waals surface area contributed by atoms with Crippen molar-refractivity contribution in [2.45, 2.75) is 32.7 Å². The fourth-order valence-electron chi connectivity index (χ4n) is 4.67. The second-order valence-corrected chi connectivity index (χ2v) is 8.43. The van der Waals surface area contributed by atoms with E-state index < -0.39 is 0 Å². The quantitative estimate of drug-likeness (QED) is 0.899. The van der Waals surface area contributed by atoms with Gasteiger partial charge in [0.25, 0.3) is 0 Å². The number of aromatic nitrogens is 3. The highest BCUT2D eigenvalue weighted by molar-refractivity contribution is 5.83. The molecule has 1 aliphatic carbocycles. The van der Waals surface area contributed by atoms with Crippen molar-refractivity contribution in [1.29, 1.82) is 0 Å². The Kier molecular flexibility index (Phi) is 3.35. The Morgan fingerprint density at radius 3 is 2.88 bits per heavy atom. The molecule has 7 nitrogen and oxygen atoms in total. The Morgan fingerprint density at radius 1 is 1.35 bits per heavy atom. The van der Waals surface area contributed by atoms with Gasteiger partial charge < -0.3 is 15.0 Å². The van der Waals surface area contributed by atoms with Crippen molar-refractivity contribution in [3.05, 3.63) is 23.5 Å². The van der Waals surface area contributed by atoms with Gasteiger partial charge >= 0.3 is 0 Å². The lowest BCUT2D eigenvalue weighted by Crippen LogP contribution is -2.49. The summed E-state index contributed by atoms with van der Waals surface area (Å²) in [4.78, 5) is 19.6. The van der Waals surface area contributed by atoms with Crippen LogP contribution in [0.4, 0.5) is 5.82 Å². The average Bonchev–Trinajstić information content (AvgIpc) is 2.97.